The predicted molar refractivity (Wildman–Crippen MR) is 96.5 cm³/mol. The van der Waals surface area contributed by atoms with Gasteiger partial charge in [0.05, 0.1) is 10.8 Å². The number of hydrogen-bond donors (Lipinski definition) is 2. The Morgan fingerprint density at radius 1 is 1.39 bits per heavy atom. The topological polar surface area (TPSA) is 110 Å². The summed E-state index contributed by atoms with van der Waals surface area (Å²) in [6.07, 6.45) is 4.96. The number of ether oxygens (including phenoxy) is 2. The minimum atomic E-state index is -1.68. The van der Waals surface area contributed by atoms with Crippen molar-refractivity contribution in [1.29, 1.82) is 0 Å². The summed E-state index contributed by atoms with van der Waals surface area (Å²) in [4.78, 5) is 36.8. The molecule has 0 aromatic heterocycles. The van der Waals surface area contributed by atoms with E-state index in [2.05, 4.69) is 0 Å². The van der Waals surface area contributed by atoms with Crippen LogP contribution in [0.15, 0.2) is 23.8 Å². The lowest BCUT2D eigenvalue weighted by atomic mass is 9.66. The highest BCUT2D eigenvalue weighted by atomic mass is 16.6. The van der Waals surface area contributed by atoms with E-state index >= 15 is 0 Å². The van der Waals surface area contributed by atoms with Crippen molar-refractivity contribution < 1.29 is 34.1 Å². The summed E-state index contributed by atoms with van der Waals surface area (Å²) in [5.41, 5.74) is -4.43. The van der Waals surface area contributed by atoms with E-state index < -0.39 is 52.1 Å². The highest BCUT2D eigenvalue weighted by Crippen LogP contribution is 2.82. The fourth-order valence-corrected chi connectivity index (χ4v) is 5.97. The van der Waals surface area contributed by atoms with Crippen LogP contribution in [0, 0.1) is 22.2 Å². The molecule has 0 spiro atoms. The number of unbranched alkanes of at least 4 members (excludes halogenated alkanes) is 1. The van der Waals surface area contributed by atoms with Crippen LogP contribution in [-0.4, -0.2) is 46.4 Å². The first-order valence-corrected chi connectivity index (χ1v) is 9.77. The van der Waals surface area contributed by atoms with E-state index in [0.29, 0.717) is 12.7 Å². The quantitative estimate of drug-likeness (QED) is 0.415. The van der Waals surface area contributed by atoms with Crippen LogP contribution in [0.25, 0.3) is 0 Å². The number of allylic oxidation sites excluding steroid dienone is 1. The summed E-state index contributed by atoms with van der Waals surface area (Å²) in [6.45, 7) is 5.72. The highest BCUT2D eigenvalue weighted by molar-refractivity contribution is 5.94. The zero-order valence-corrected chi connectivity index (χ0v) is 16.3. The number of aliphatic hydroxyl groups excluding tert-OH is 1. The van der Waals surface area contributed by atoms with E-state index in [1.54, 1.807) is 6.08 Å². The summed E-state index contributed by atoms with van der Waals surface area (Å²) < 4.78 is 10.7. The van der Waals surface area contributed by atoms with Crippen molar-refractivity contribution >= 4 is 18.2 Å². The molecular weight excluding hydrogens is 364 g/mol. The molecule has 0 amide bonds. The van der Waals surface area contributed by atoms with Crippen LogP contribution in [0.2, 0.25) is 0 Å². The van der Waals surface area contributed by atoms with Crippen LogP contribution in [0.1, 0.15) is 46.5 Å². The highest BCUT2D eigenvalue weighted by Gasteiger charge is 2.90. The van der Waals surface area contributed by atoms with Crippen molar-refractivity contribution in [2.75, 3.05) is 0 Å². The van der Waals surface area contributed by atoms with Crippen molar-refractivity contribution in [3.05, 3.63) is 23.8 Å². The van der Waals surface area contributed by atoms with Gasteiger partial charge in [0.25, 0.3) is 0 Å². The van der Waals surface area contributed by atoms with E-state index in [1.165, 1.54) is 12.2 Å². The number of aliphatic hydroxyl groups is 2. The Labute approximate surface area is 163 Å². The first-order chi connectivity index (χ1) is 13.1. The molecule has 0 bridgehead atoms. The maximum atomic E-state index is 12.7. The summed E-state index contributed by atoms with van der Waals surface area (Å²) in [5.74, 6) is -1.77. The number of carbonyl (C=O) groups excluding carboxylic acids is 3. The first kappa shape index (κ1) is 19.3. The second kappa shape index (κ2) is 5.76. The van der Waals surface area contributed by atoms with Gasteiger partial charge in [0.15, 0.2) is 0 Å². The molecule has 7 heteroatoms. The molecule has 3 aliphatic carbocycles. The average molecular weight is 390 g/mol. The number of cyclic esters (lactones) is 1. The molecule has 7 nitrogen and oxygen atoms in total. The molecule has 2 unspecified atom stereocenters. The third-order valence-corrected chi connectivity index (χ3v) is 7.22. The van der Waals surface area contributed by atoms with E-state index in [4.69, 9.17) is 9.47 Å². The van der Waals surface area contributed by atoms with E-state index in [-0.39, 0.29) is 12.0 Å². The Bertz CT molecular complexity index is 812. The molecule has 0 radical (unpaired) electrons. The molecule has 6 atom stereocenters. The molecule has 3 fully saturated rings. The van der Waals surface area contributed by atoms with Gasteiger partial charge in [-0.25, -0.2) is 4.79 Å². The fraction of sp³-hybridized carbons (Fsp3) is 0.667. The molecule has 152 valence electrons. The van der Waals surface area contributed by atoms with Gasteiger partial charge in [-0.05, 0) is 25.3 Å². The second-order valence-electron chi connectivity index (χ2n) is 9.24. The van der Waals surface area contributed by atoms with Crippen molar-refractivity contribution in [3.8, 4) is 0 Å². The number of fused-ring (bicyclic) bond motifs is 1. The number of carbonyl (C=O) groups is 3. The van der Waals surface area contributed by atoms with Gasteiger partial charge in [-0.2, -0.15) is 0 Å². The molecule has 4 rings (SSSR count). The van der Waals surface area contributed by atoms with Crippen LogP contribution < -0.4 is 0 Å². The molecule has 0 aromatic rings. The molecular formula is C21H26O7. The minimum Gasteiger partial charge on any atom is -0.455 e. The lowest BCUT2D eigenvalue weighted by molar-refractivity contribution is -0.169. The zero-order valence-electron chi connectivity index (χ0n) is 16.3. The number of aldehydes is 1. The lowest BCUT2D eigenvalue weighted by Crippen LogP contribution is -2.53. The number of hydrogen-bond acceptors (Lipinski definition) is 7. The third kappa shape index (κ3) is 2.09. The number of rotatable bonds is 5. The van der Waals surface area contributed by atoms with E-state index in [1.807, 2.05) is 20.8 Å². The van der Waals surface area contributed by atoms with Crippen LogP contribution in [-0.2, 0) is 23.9 Å². The monoisotopic (exact) mass is 390 g/mol. The van der Waals surface area contributed by atoms with Gasteiger partial charge in [0.2, 0.25) is 6.29 Å². The largest absolute Gasteiger partial charge is 0.455 e. The minimum absolute atomic E-state index is 0.143. The summed E-state index contributed by atoms with van der Waals surface area (Å²) in [7, 11) is 0. The molecule has 2 saturated carbocycles. The Morgan fingerprint density at radius 2 is 2.11 bits per heavy atom. The molecule has 0 aromatic carbocycles. The zero-order chi connectivity index (χ0) is 20.5. The van der Waals surface area contributed by atoms with Gasteiger partial charge in [-0.1, -0.05) is 33.3 Å². The average Bonchev–Trinajstić information content (AvgIpc) is 3.24. The molecule has 2 N–H and O–H groups in total. The fourth-order valence-electron chi connectivity index (χ4n) is 5.97. The van der Waals surface area contributed by atoms with Crippen molar-refractivity contribution in [1.82, 2.24) is 0 Å². The first-order valence-electron chi connectivity index (χ1n) is 9.77. The lowest BCUT2D eigenvalue weighted by Gasteiger charge is -2.40. The van der Waals surface area contributed by atoms with Gasteiger partial charge in [-0.15, -0.1) is 0 Å². The third-order valence-electron chi connectivity index (χ3n) is 7.22. The summed E-state index contributed by atoms with van der Waals surface area (Å²) in [5, 5.41) is 22.0. The number of esters is 2. The summed E-state index contributed by atoms with van der Waals surface area (Å²) >= 11 is 0. The van der Waals surface area contributed by atoms with Gasteiger partial charge in [0.1, 0.15) is 18.0 Å². The van der Waals surface area contributed by atoms with Gasteiger partial charge < -0.3 is 19.7 Å². The van der Waals surface area contributed by atoms with E-state index in [0.717, 1.165) is 12.8 Å². The molecule has 1 saturated heterocycles. The van der Waals surface area contributed by atoms with Crippen LogP contribution in [0.4, 0.5) is 0 Å². The van der Waals surface area contributed by atoms with Crippen molar-refractivity contribution in [3.63, 3.8) is 0 Å². The molecule has 1 heterocycles. The Hall–Kier alpha value is -1.99. The Kier molecular flexibility index (Phi) is 3.98. The Morgan fingerprint density at radius 3 is 2.75 bits per heavy atom. The smallest absolute Gasteiger partial charge is 0.330 e. The van der Waals surface area contributed by atoms with Crippen LogP contribution >= 0.6 is 0 Å². The van der Waals surface area contributed by atoms with Crippen molar-refractivity contribution in [2.45, 2.75) is 64.4 Å². The van der Waals surface area contributed by atoms with Gasteiger partial charge >= 0.3 is 11.9 Å². The van der Waals surface area contributed by atoms with Crippen LogP contribution in [0.5, 0.6) is 0 Å². The van der Waals surface area contributed by atoms with Crippen LogP contribution in [0.3, 0.4) is 0 Å². The maximum absolute atomic E-state index is 12.7. The van der Waals surface area contributed by atoms with E-state index in [9.17, 15) is 24.6 Å². The predicted octanol–water partition coefficient (Wildman–Crippen LogP) is 1.42. The SMILES string of the molecule is CCC/C=C/C(=O)O[C@@H]1C(C)(C)C[C@@H]2C34CC3(C(C=O)=C[C@]12O)[C@@H](O)OC4=O. The van der Waals surface area contributed by atoms with Gasteiger partial charge in [-0.3, -0.25) is 9.59 Å². The Balaban J connectivity index is 1.75. The van der Waals surface area contributed by atoms with Crippen molar-refractivity contribution in [2.24, 2.45) is 22.2 Å². The standard InChI is InChI=1S/C21H26O7/c1-4-5-6-7-14(23)27-15-18(2,3)9-13-20-11-19(20,16(24)28-17(20)25)12(10-22)8-21(13,15)26/h6-8,10,13,15-16,24,26H,4-5,9,11H2,1-3H3/b7-6+/t13-,15-,16+,19?,20?,21-/m1/s1. The van der Waals surface area contributed by atoms with Gasteiger partial charge in [0, 0.05) is 23.0 Å². The summed E-state index contributed by atoms with van der Waals surface area (Å²) in [6, 6.07) is 0. The normalized spacial score (nSPS) is 45.0. The maximum Gasteiger partial charge on any atom is 0.330 e. The second-order valence-corrected chi connectivity index (χ2v) is 9.24. The molecule has 4 aliphatic rings. The molecule has 1 aliphatic heterocycles. The molecule has 28 heavy (non-hydrogen) atoms.